The molecule has 1 heterocycles. The van der Waals surface area contributed by atoms with Gasteiger partial charge in [0.25, 0.3) is 0 Å². The fraction of sp³-hybridized carbons (Fsp3) is 0.556. The number of hydrogen-bond donors (Lipinski definition) is 0. The minimum atomic E-state index is -0.320. The fourth-order valence-corrected chi connectivity index (χ4v) is 1.90. The van der Waals surface area contributed by atoms with Crippen molar-refractivity contribution in [1.82, 2.24) is 4.90 Å². The van der Waals surface area contributed by atoms with Crippen molar-refractivity contribution in [3.8, 4) is 0 Å². The minimum Gasteiger partial charge on any atom is -0.461 e. The molecule has 0 unspecified atom stereocenters. The highest BCUT2D eigenvalue weighted by Crippen LogP contribution is 2.25. The highest BCUT2D eigenvalue weighted by Gasteiger charge is 2.20. The number of ether oxygens (including phenoxy) is 1. The molecule has 0 aromatic heterocycles. The number of esters is 1. The van der Waals surface area contributed by atoms with Crippen molar-refractivity contribution in [2.75, 3.05) is 27.2 Å². The molecule has 0 aromatic carbocycles. The number of carbonyl (C=O) groups excluding carboxylic acids is 1. The second kappa shape index (κ2) is 5.05. The van der Waals surface area contributed by atoms with Crippen LogP contribution in [0.15, 0.2) is 16.1 Å². The Kier molecular flexibility index (Phi) is 4.00. The topological polar surface area (TPSA) is 41.9 Å². The second-order valence-electron chi connectivity index (χ2n) is 3.00. The summed E-state index contributed by atoms with van der Waals surface area (Å²) in [6.07, 6.45) is 1.96. The van der Waals surface area contributed by atoms with Crippen molar-refractivity contribution in [2.24, 2.45) is 4.99 Å². The third kappa shape index (κ3) is 3.06. The monoisotopic (exact) mass is 214 g/mol. The smallest absolute Gasteiger partial charge is 0.363 e. The first kappa shape index (κ1) is 11.1. The Hall–Kier alpha value is -0.970. The molecule has 1 aliphatic heterocycles. The standard InChI is InChI=1S/C9H14N2O2S/c1-4-13-9(12)8-10-5-7(14-8)6-11(2)3/h6H,4-5H2,1-3H3/b7-6+. The molecule has 0 saturated carbocycles. The van der Waals surface area contributed by atoms with Gasteiger partial charge >= 0.3 is 5.97 Å². The van der Waals surface area contributed by atoms with E-state index in [0.717, 1.165) is 4.91 Å². The van der Waals surface area contributed by atoms with E-state index < -0.39 is 0 Å². The van der Waals surface area contributed by atoms with Gasteiger partial charge in [-0.05, 0) is 6.92 Å². The van der Waals surface area contributed by atoms with Gasteiger partial charge in [0.2, 0.25) is 0 Å². The van der Waals surface area contributed by atoms with Crippen molar-refractivity contribution in [2.45, 2.75) is 6.92 Å². The van der Waals surface area contributed by atoms with E-state index in [1.54, 1.807) is 6.92 Å². The molecule has 0 amide bonds. The second-order valence-corrected chi connectivity index (χ2v) is 4.12. The van der Waals surface area contributed by atoms with Crippen LogP contribution >= 0.6 is 11.8 Å². The van der Waals surface area contributed by atoms with Crippen molar-refractivity contribution in [3.63, 3.8) is 0 Å². The van der Waals surface area contributed by atoms with E-state index in [4.69, 9.17) is 4.74 Å². The average Bonchev–Trinajstić information content (AvgIpc) is 2.52. The SMILES string of the molecule is CCOC(=O)C1=NC/C(=C\N(C)C)S1. The van der Waals surface area contributed by atoms with Crippen LogP contribution in [0, 0.1) is 0 Å². The minimum absolute atomic E-state index is 0.320. The first-order valence-electron chi connectivity index (χ1n) is 4.40. The van der Waals surface area contributed by atoms with Gasteiger partial charge in [-0.1, -0.05) is 11.8 Å². The van der Waals surface area contributed by atoms with E-state index in [9.17, 15) is 4.79 Å². The first-order valence-corrected chi connectivity index (χ1v) is 5.21. The van der Waals surface area contributed by atoms with Crippen LogP contribution in [0.3, 0.4) is 0 Å². The van der Waals surface area contributed by atoms with Gasteiger partial charge in [-0.25, -0.2) is 4.79 Å². The normalized spacial score (nSPS) is 18.2. The Balaban J connectivity index is 2.51. The molecule has 78 valence electrons. The lowest BCUT2D eigenvalue weighted by Gasteiger charge is -2.05. The molecule has 0 bridgehead atoms. The maximum Gasteiger partial charge on any atom is 0.363 e. The van der Waals surface area contributed by atoms with Gasteiger partial charge in [0.1, 0.15) is 0 Å². The molecule has 14 heavy (non-hydrogen) atoms. The molecule has 4 nitrogen and oxygen atoms in total. The molecule has 0 N–H and O–H groups in total. The number of hydrogen-bond acceptors (Lipinski definition) is 5. The number of thioether (sulfide) groups is 1. The van der Waals surface area contributed by atoms with Gasteiger partial charge in [0.05, 0.1) is 13.2 Å². The zero-order valence-corrected chi connectivity index (χ0v) is 9.43. The summed E-state index contributed by atoms with van der Waals surface area (Å²) in [5, 5.41) is 0.458. The van der Waals surface area contributed by atoms with E-state index in [1.807, 2.05) is 25.2 Å². The number of aliphatic imine (C=N–C) groups is 1. The molecule has 0 radical (unpaired) electrons. The van der Waals surface area contributed by atoms with Gasteiger partial charge in [0.15, 0.2) is 5.04 Å². The molecule has 1 aliphatic rings. The largest absolute Gasteiger partial charge is 0.461 e. The molecular formula is C9H14N2O2S. The van der Waals surface area contributed by atoms with Crippen LogP contribution in [-0.2, 0) is 9.53 Å². The predicted octanol–water partition coefficient (Wildman–Crippen LogP) is 1.10. The molecule has 0 aromatic rings. The Morgan fingerprint density at radius 3 is 3.00 bits per heavy atom. The summed E-state index contributed by atoms with van der Waals surface area (Å²) in [7, 11) is 3.88. The van der Waals surface area contributed by atoms with E-state index in [2.05, 4.69) is 4.99 Å². The van der Waals surface area contributed by atoms with Crippen LogP contribution in [0.4, 0.5) is 0 Å². The molecule has 0 saturated heterocycles. The summed E-state index contributed by atoms with van der Waals surface area (Å²) >= 11 is 1.38. The summed E-state index contributed by atoms with van der Waals surface area (Å²) in [5.74, 6) is -0.320. The molecule has 0 atom stereocenters. The number of nitrogens with zero attached hydrogens (tertiary/aromatic N) is 2. The Bertz CT molecular complexity index is 285. The van der Waals surface area contributed by atoms with Crippen molar-refractivity contribution >= 4 is 22.8 Å². The van der Waals surface area contributed by atoms with Crippen LogP contribution in [0.5, 0.6) is 0 Å². The molecule has 0 fully saturated rings. The number of carbonyl (C=O) groups is 1. The van der Waals surface area contributed by atoms with Gasteiger partial charge in [-0.15, -0.1) is 0 Å². The predicted molar refractivity (Wildman–Crippen MR) is 58.3 cm³/mol. The Labute approximate surface area is 88.0 Å². The lowest BCUT2D eigenvalue weighted by molar-refractivity contribution is -0.134. The summed E-state index contributed by atoms with van der Waals surface area (Å²) in [6, 6.07) is 0. The lowest BCUT2D eigenvalue weighted by atomic mass is 10.6. The fourth-order valence-electron chi connectivity index (χ4n) is 0.993. The molecule has 0 spiro atoms. The van der Waals surface area contributed by atoms with Gasteiger partial charge in [-0.2, -0.15) is 0 Å². The highest BCUT2D eigenvalue weighted by molar-refractivity contribution is 8.19. The maximum atomic E-state index is 11.3. The van der Waals surface area contributed by atoms with E-state index in [0.29, 0.717) is 18.2 Å². The van der Waals surface area contributed by atoms with Gasteiger partial charge in [0, 0.05) is 25.2 Å². The molecule has 1 rings (SSSR count). The maximum absolute atomic E-state index is 11.3. The molecular weight excluding hydrogens is 200 g/mol. The van der Waals surface area contributed by atoms with Crippen LogP contribution in [0.2, 0.25) is 0 Å². The van der Waals surface area contributed by atoms with Gasteiger partial charge < -0.3 is 9.64 Å². The molecule has 0 aliphatic carbocycles. The summed E-state index contributed by atoms with van der Waals surface area (Å²) in [4.78, 5) is 18.4. The Morgan fingerprint density at radius 2 is 2.43 bits per heavy atom. The first-order chi connectivity index (χ1) is 6.63. The van der Waals surface area contributed by atoms with Crippen LogP contribution in [0.25, 0.3) is 0 Å². The zero-order valence-electron chi connectivity index (χ0n) is 8.61. The van der Waals surface area contributed by atoms with Crippen molar-refractivity contribution < 1.29 is 9.53 Å². The average molecular weight is 214 g/mol. The summed E-state index contributed by atoms with van der Waals surface area (Å²) < 4.78 is 4.85. The number of rotatable bonds is 3. The van der Waals surface area contributed by atoms with Crippen LogP contribution in [0.1, 0.15) is 6.92 Å². The van der Waals surface area contributed by atoms with Crippen LogP contribution < -0.4 is 0 Å². The lowest BCUT2D eigenvalue weighted by Crippen LogP contribution is -2.12. The van der Waals surface area contributed by atoms with E-state index >= 15 is 0 Å². The zero-order chi connectivity index (χ0) is 10.6. The van der Waals surface area contributed by atoms with Crippen molar-refractivity contribution in [1.29, 1.82) is 0 Å². The van der Waals surface area contributed by atoms with Gasteiger partial charge in [-0.3, -0.25) is 4.99 Å². The molecule has 5 heteroatoms. The van der Waals surface area contributed by atoms with Crippen molar-refractivity contribution in [3.05, 3.63) is 11.1 Å². The highest BCUT2D eigenvalue weighted by atomic mass is 32.2. The third-order valence-electron chi connectivity index (χ3n) is 1.46. The van der Waals surface area contributed by atoms with E-state index in [-0.39, 0.29) is 5.97 Å². The van der Waals surface area contributed by atoms with Crippen LogP contribution in [-0.4, -0.2) is 43.2 Å². The Morgan fingerprint density at radius 1 is 1.71 bits per heavy atom. The third-order valence-corrected chi connectivity index (χ3v) is 2.44. The summed E-state index contributed by atoms with van der Waals surface area (Å²) in [6.45, 7) is 2.76. The van der Waals surface area contributed by atoms with E-state index in [1.165, 1.54) is 11.8 Å². The summed E-state index contributed by atoms with van der Waals surface area (Å²) in [5.41, 5.74) is 0. The quantitative estimate of drug-likeness (QED) is 0.660.